The molecule has 2 aromatic rings. The molecule has 0 radical (unpaired) electrons. The van der Waals surface area contributed by atoms with Gasteiger partial charge in [0.05, 0.1) is 17.6 Å². The van der Waals surface area contributed by atoms with Gasteiger partial charge in [-0.2, -0.15) is 0 Å². The highest BCUT2D eigenvalue weighted by molar-refractivity contribution is 7.10. The number of hydrogen-bond donors (Lipinski definition) is 1. The second-order valence-corrected chi connectivity index (χ2v) is 7.38. The number of nitro benzene ring substituents is 1. The fourth-order valence-electron chi connectivity index (χ4n) is 3.50. The lowest BCUT2D eigenvalue weighted by atomic mass is 9.96. The van der Waals surface area contributed by atoms with E-state index >= 15 is 0 Å². The summed E-state index contributed by atoms with van der Waals surface area (Å²) in [6, 6.07) is 6.72. The number of carbonyl (C=O) groups is 1. The molecule has 1 aliphatic rings. The number of anilines is 1. The summed E-state index contributed by atoms with van der Waals surface area (Å²) in [4.78, 5) is 27.3. The van der Waals surface area contributed by atoms with Crippen molar-refractivity contribution < 1.29 is 14.5 Å². The number of nitrogens with zero attached hydrogens (tertiary/aromatic N) is 2. The Bertz CT molecular complexity index is 836. The van der Waals surface area contributed by atoms with E-state index in [0.29, 0.717) is 30.9 Å². The molecule has 0 aliphatic carbocycles. The summed E-state index contributed by atoms with van der Waals surface area (Å²) >= 11 is 1.73. The number of hydrogen-bond acceptors (Lipinski definition) is 6. The van der Waals surface area contributed by atoms with Crippen LogP contribution in [0.3, 0.4) is 0 Å². The van der Waals surface area contributed by atoms with E-state index in [2.05, 4.69) is 23.7 Å². The van der Waals surface area contributed by atoms with Crippen LogP contribution in [-0.4, -0.2) is 42.5 Å². The van der Waals surface area contributed by atoms with E-state index < -0.39 is 4.92 Å². The van der Waals surface area contributed by atoms with E-state index in [0.717, 1.165) is 12.8 Å². The highest BCUT2D eigenvalue weighted by Gasteiger charge is 2.31. The SMILES string of the molecule is CCC1c2ccsc2CCN1C(=O)c1ccc(NCCOC)c([N+](=O)[O-])c1. The highest BCUT2D eigenvalue weighted by Crippen LogP contribution is 2.36. The maximum absolute atomic E-state index is 13.1. The van der Waals surface area contributed by atoms with Crippen LogP contribution < -0.4 is 5.32 Å². The minimum Gasteiger partial charge on any atom is -0.383 e. The average Bonchev–Trinajstić information content (AvgIpc) is 3.15. The minimum atomic E-state index is -0.462. The van der Waals surface area contributed by atoms with Crippen LogP contribution in [0.5, 0.6) is 0 Å². The predicted molar refractivity (Wildman–Crippen MR) is 106 cm³/mol. The molecular weight excluding hydrogens is 366 g/mol. The summed E-state index contributed by atoms with van der Waals surface area (Å²) in [5.74, 6) is -0.162. The molecule has 144 valence electrons. The molecule has 0 saturated carbocycles. The van der Waals surface area contributed by atoms with Gasteiger partial charge in [0.15, 0.2) is 0 Å². The van der Waals surface area contributed by atoms with Gasteiger partial charge in [-0.15, -0.1) is 11.3 Å². The Kier molecular flexibility index (Phi) is 6.08. The fourth-order valence-corrected chi connectivity index (χ4v) is 4.43. The van der Waals surface area contributed by atoms with Crippen LogP contribution >= 0.6 is 11.3 Å². The number of thiophene rings is 1. The van der Waals surface area contributed by atoms with Crippen LogP contribution in [0.1, 0.15) is 40.2 Å². The number of fused-ring (bicyclic) bond motifs is 1. The highest BCUT2D eigenvalue weighted by atomic mass is 32.1. The Labute approximate surface area is 162 Å². The maximum atomic E-state index is 13.1. The summed E-state index contributed by atoms with van der Waals surface area (Å²) in [5, 5.41) is 16.5. The monoisotopic (exact) mass is 389 g/mol. The van der Waals surface area contributed by atoms with Crippen LogP contribution in [0.15, 0.2) is 29.6 Å². The number of amides is 1. The molecule has 1 unspecified atom stereocenters. The van der Waals surface area contributed by atoms with Crippen LogP contribution in [0.2, 0.25) is 0 Å². The number of rotatable bonds is 7. The fraction of sp³-hybridized carbons (Fsp3) is 0.421. The van der Waals surface area contributed by atoms with Gasteiger partial charge >= 0.3 is 0 Å². The van der Waals surface area contributed by atoms with Crippen molar-refractivity contribution in [3.05, 3.63) is 55.8 Å². The largest absolute Gasteiger partial charge is 0.383 e. The number of ether oxygens (including phenoxy) is 1. The van der Waals surface area contributed by atoms with E-state index in [1.807, 2.05) is 4.90 Å². The topological polar surface area (TPSA) is 84.7 Å². The van der Waals surface area contributed by atoms with Gasteiger partial charge in [-0.1, -0.05) is 6.92 Å². The molecule has 2 heterocycles. The molecule has 1 N–H and O–H groups in total. The minimum absolute atomic E-state index is 0.0195. The first-order valence-electron chi connectivity index (χ1n) is 8.95. The Morgan fingerprint density at radius 3 is 2.96 bits per heavy atom. The first kappa shape index (κ1) is 19.3. The zero-order valence-corrected chi connectivity index (χ0v) is 16.3. The molecule has 1 amide bonds. The van der Waals surface area contributed by atoms with Crippen LogP contribution in [0.4, 0.5) is 11.4 Å². The predicted octanol–water partition coefficient (Wildman–Crippen LogP) is 3.86. The van der Waals surface area contributed by atoms with Crippen molar-refractivity contribution in [2.45, 2.75) is 25.8 Å². The third-order valence-electron chi connectivity index (χ3n) is 4.81. The van der Waals surface area contributed by atoms with Crippen LogP contribution in [0, 0.1) is 10.1 Å². The average molecular weight is 389 g/mol. The molecule has 0 saturated heterocycles. The van der Waals surface area contributed by atoms with Crippen molar-refractivity contribution in [3.63, 3.8) is 0 Å². The van der Waals surface area contributed by atoms with E-state index in [-0.39, 0.29) is 17.6 Å². The Balaban J connectivity index is 1.86. The first-order valence-corrected chi connectivity index (χ1v) is 9.83. The maximum Gasteiger partial charge on any atom is 0.293 e. The van der Waals surface area contributed by atoms with Crippen molar-refractivity contribution in [3.8, 4) is 0 Å². The van der Waals surface area contributed by atoms with Gasteiger partial charge in [0.1, 0.15) is 5.69 Å². The summed E-state index contributed by atoms with van der Waals surface area (Å²) in [6.07, 6.45) is 1.64. The van der Waals surface area contributed by atoms with Gasteiger partial charge in [0.25, 0.3) is 11.6 Å². The van der Waals surface area contributed by atoms with Crippen LogP contribution in [0.25, 0.3) is 0 Å². The molecule has 27 heavy (non-hydrogen) atoms. The summed E-state index contributed by atoms with van der Waals surface area (Å²) < 4.78 is 4.96. The second-order valence-electron chi connectivity index (χ2n) is 6.38. The quantitative estimate of drug-likeness (QED) is 0.441. The van der Waals surface area contributed by atoms with Gasteiger partial charge < -0.3 is 15.0 Å². The molecule has 0 fully saturated rings. The molecule has 1 aromatic carbocycles. The lowest BCUT2D eigenvalue weighted by molar-refractivity contribution is -0.384. The zero-order chi connectivity index (χ0) is 19.4. The number of nitro groups is 1. The van der Waals surface area contributed by atoms with Crippen molar-refractivity contribution in [2.75, 3.05) is 32.1 Å². The molecular formula is C19H23N3O4S. The molecule has 1 atom stereocenters. The zero-order valence-electron chi connectivity index (χ0n) is 15.4. The number of carbonyl (C=O) groups excluding carboxylic acids is 1. The molecule has 1 aromatic heterocycles. The van der Waals surface area contributed by atoms with Gasteiger partial charge in [-0.3, -0.25) is 14.9 Å². The lowest BCUT2D eigenvalue weighted by Gasteiger charge is -2.35. The van der Waals surface area contributed by atoms with Crippen molar-refractivity contribution in [1.29, 1.82) is 0 Å². The van der Waals surface area contributed by atoms with E-state index in [9.17, 15) is 14.9 Å². The second kappa shape index (κ2) is 8.49. The summed E-state index contributed by atoms with van der Waals surface area (Å²) in [6.45, 7) is 3.58. The van der Waals surface area contributed by atoms with Gasteiger partial charge in [-0.05, 0) is 42.0 Å². The van der Waals surface area contributed by atoms with Gasteiger partial charge in [0, 0.05) is 36.7 Å². The summed E-state index contributed by atoms with van der Waals surface area (Å²) in [7, 11) is 1.57. The third kappa shape index (κ3) is 3.96. The number of benzene rings is 1. The Morgan fingerprint density at radius 2 is 2.26 bits per heavy atom. The standard InChI is InChI=1S/C19H23N3O4S/c1-3-16-14-7-11-27-18(14)6-9-21(16)19(23)13-4-5-15(20-8-10-26-2)17(12-13)22(24)25/h4-5,7,11-12,16,20H,3,6,8-10H2,1-2H3. The van der Waals surface area contributed by atoms with Gasteiger partial charge in [0.2, 0.25) is 0 Å². The molecule has 8 heteroatoms. The normalized spacial score (nSPS) is 16.1. The van der Waals surface area contributed by atoms with E-state index in [4.69, 9.17) is 4.74 Å². The van der Waals surface area contributed by atoms with E-state index in [1.165, 1.54) is 16.5 Å². The van der Waals surface area contributed by atoms with Crippen molar-refractivity contribution >= 4 is 28.6 Å². The molecule has 3 rings (SSSR count). The molecule has 0 bridgehead atoms. The van der Waals surface area contributed by atoms with Gasteiger partial charge in [-0.25, -0.2) is 0 Å². The Hall–Kier alpha value is -2.45. The Morgan fingerprint density at radius 1 is 1.44 bits per heavy atom. The molecule has 0 spiro atoms. The van der Waals surface area contributed by atoms with E-state index in [1.54, 1.807) is 30.6 Å². The smallest absolute Gasteiger partial charge is 0.293 e. The first-order chi connectivity index (χ1) is 13.1. The third-order valence-corrected chi connectivity index (χ3v) is 5.80. The van der Waals surface area contributed by atoms with Crippen molar-refractivity contribution in [1.82, 2.24) is 4.90 Å². The molecule has 7 nitrogen and oxygen atoms in total. The molecule has 1 aliphatic heterocycles. The van der Waals surface area contributed by atoms with Crippen molar-refractivity contribution in [2.24, 2.45) is 0 Å². The number of nitrogens with one attached hydrogen (secondary N) is 1. The number of methoxy groups -OCH3 is 1. The van der Waals surface area contributed by atoms with Crippen LogP contribution in [-0.2, 0) is 11.2 Å². The summed E-state index contributed by atoms with van der Waals surface area (Å²) in [5.41, 5.74) is 1.84. The lowest BCUT2D eigenvalue weighted by Crippen LogP contribution is -2.39.